The fourth-order valence-electron chi connectivity index (χ4n) is 2.81. The molecule has 0 saturated carbocycles. The van der Waals surface area contributed by atoms with Crippen LogP contribution >= 0.6 is 0 Å². The molecule has 0 amide bonds. The number of likely N-dealkylation sites (tertiary alicyclic amines) is 1. The number of hydrogen-bond donors (Lipinski definition) is 1. The molecule has 2 N–H and O–H groups in total. The van der Waals surface area contributed by atoms with Crippen molar-refractivity contribution in [1.29, 1.82) is 0 Å². The molecule has 1 aliphatic rings. The summed E-state index contributed by atoms with van der Waals surface area (Å²) >= 11 is 0. The van der Waals surface area contributed by atoms with Gasteiger partial charge in [-0.05, 0) is 62.4 Å². The molecule has 1 fully saturated rings. The molecule has 2 rings (SSSR count). The van der Waals surface area contributed by atoms with Gasteiger partial charge in [0.2, 0.25) is 0 Å². The number of nitrogens with zero attached hydrogens (tertiary/aromatic N) is 1. The lowest BCUT2D eigenvalue weighted by Crippen LogP contribution is -2.39. The first kappa shape index (κ1) is 13.6. The standard InChI is InChI=1S/C16H26N2/c1-12-6-8-18(9-7-12)16(11-17)15-5-4-13(2)14(3)10-15/h4-5,10,12,16H,6-9,11,17H2,1-3H3/t16-/m1/s1. The quantitative estimate of drug-likeness (QED) is 0.888. The Kier molecular flexibility index (Phi) is 4.41. The van der Waals surface area contributed by atoms with Crippen LogP contribution in [0.4, 0.5) is 0 Å². The fourth-order valence-corrected chi connectivity index (χ4v) is 2.81. The summed E-state index contributed by atoms with van der Waals surface area (Å²) in [6.45, 7) is 9.80. The van der Waals surface area contributed by atoms with E-state index in [-0.39, 0.29) is 0 Å². The molecule has 1 aromatic carbocycles. The topological polar surface area (TPSA) is 29.3 Å². The van der Waals surface area contributed by atoms with Crippen LogP contribution in [0, 0.1) is 19.8 Å². The predicted molar refractivity (Wildman–Crippen MR) is 77.7 cm³/mol. The Morgan fingerprint density at radius 1 is 1.22 bits per heavy atom. The van der Waals surface area contributed by atoms with Crippen LogP contribution < -0.4 is 5.73 Å². The molecule has 1 atom stereocenters. The van der Waals surface area contributed by atoms with Crippen LogP contribution in [0.5, 0.6) is 0 Å². The van der Waals surface area contributed by atoms with E-state index in [2.05, 4.69) is 43.9 Å². The first-order valence-corrected chi connectivity index (χ1v) is 7.13. The maximum Gasteiger partial charge on any atom is 0.0470 e. The van der Waals surface area contributed by atoms with Gasteiger partial charge in [-0.15, -0.1) is 0 Å². The highest BCUT2D eigenvalue weighted by Gasteiger charge is 2.23. The largest absolute Gasteiger partial charge is 0.329 e. The van der Waals surface area contributed by atoms with Crippen molar-refractivity contribution >= 4 is 0 Å². The minimum atomic E-state index is 0.400. The maximum atomic E-state index is 6.02. The molecule has 0 bridgehead atoms. The fraction of sp³-hybridized carbons (Fsp3) is 0.625. The molecule has 0 aliphatic carbocycles. The van der Waals surface area contributed by atoms with Crippen LogP contribution in [-0.2, 0) is 0 Å². The second-order valence-corrected chi connectivity index (χ2v) is 5.81. The van der Waals surface area contributed by atoms with Crippen molar-refractivity contribution in [3.8, 4) is 0 Å². The van der Waals surface area contributed by atoms with Crippen molar-refractivity contribution in [3.63, 3.8) is 0 Å². The van der Waals surface area contributed by atoms with Crippen LogP contribution in [0.15, 0.2) is 18.2 Å². The Morgan fingerprint density at radius 2 is 1.89 bits per heavy atom. The molecule has 1 heterocycles. The Balaban J connectivity index is 2.14. The Bertz CT molecular complexity index is 392. The van der Waals surface area contributed by atoms with Gasteiger partial charge in [0.1, 0.15) is 0 Å². The third kappa shape index (κ3) is 2.93. The van der Waals surface area contributed by atoms with Crippen LogP contribution in [0.25, 0.3) is 0 Å². The highest BCUT2D eigenvalue weighted by atomic mass is 15.2. The summed E-state index contributed by atoms with van der Waals surface area (Å²) in [5.41, 5.74) is 10.1. The third-order valence-electron chi connectivity index (χ3n) is 4.40. The molecule has 1 saturated heterocycles. The Labute approximate surface area is 111 Å². The van der Waals surface area contributed by atoms with Gasteiger partial charge in [0.15, 0.2) is 0 Å². The molecule has 100 valence electrons. The van der Waals surface area contributed by atoms with Gasteiger partial charge in [0.05, 0.1) is 0 Å². The van der Waals surface area contributed by atoms with Gasteiger partial charge in [0.25, 0.3) is 0 Å². The van der Waals surface area contributed by atoms with Crippen molar-refractivity contribution in [1.82, 2.24) is 4.90 Å². The van der Waals surface area contributed by atoms with Gasteiger partial charge in [-0.25, -0.2) is 0 Å². The smallest absolute Gasteiger partial charge is 0.0470 e. The van der Waals surface area contributed by atoms with E-state index in [4.69, 9.17) is 5.73 Å². The third-order valence-corrected chi connectivity index (χ3v) is 4.40. The van der Waals surface area contributed by atoms with E-state index in [1.807, 2.05) is 0 Å². The SMILES string of the molecule is Cc1ccc([C@@H](CN)N2CCC(C)CC2)cc1C. The Morgan fingerprint density at radius 3 is 2.44 bits per heavy atom. The van der Waals surface area contributed by atoms with Crippen LogP contribution in [-0.4, -0.2) is 24.5 Å². The minimum absolute atomic E-state index is 0.400. The molecule has 1 aliphatic heterocycles. The lowest BCUT2D eigenvalue weighted by atomic mass is 9.94. The number of hydrogen-bond acceptors (Lipinski definition) is 2. The lowest BCUT2D eigenvalue weighted by Gasteiger charge is -2.36. The summed E-state index contributed by atoms with van der Waals surface area (Å²) < 4.78 is 0. The first-order valence-electron chi connectivity index (χ1n) is 7.13. The van der Waals surface area contributed by atoms with Crippen molar-refractivity contribution in [3.05, 3.63) is 34.9 Å². The van der Waals surface area contributed by atoms with Crippen LogP contribution in [0.3, 0.4) is 0 Å². The summed E-state index contributed by atoms with van der Waals surface area (Å²) in [6, 6.07) is 7.18. The highest BCUT2D eigenvalue weighted by molar-refractivity contribution is 5.32. The highest BCUT2D eigenvalue weighted by Crippen LogP contribution is 2.27. The van der Waals surface area contributed by atoms with E-state index < -0.39 is 0 Å². The molecule has 0 spiro atoms. The van der Waals surface area contributed by atoms with Crippen LogP contribution in [0.2, 0.25) is 0 Å². The van der Waals surface area contributed by atoms with Crippen molar-refractivity contribution in [2.75, 3.05) is 19.6 Å². The van der Waals surface area contributed by atoms with E-state index in [0.29, 0.717) is 6.04 Å². The maximum absolute atomic E-state index is 6.02. The molecule has 1 aromatic rings. The second kappa shape index (κ2) is 5.85. The van der Waals surface area contributed by atoms with E-state index in [0.717, 1.165) is 12.5 Å². The van der Waals surface area contributed by atoms with E-state index in [1.165, 1.54) is 42.6 Å². The molecule has 2 heteroatoms. The minimum Gasteiger partial charge on any atom is -0.329 e. The number of nitrogens with two attached hydrogens (primary N) is 1. The van der Waals surface area contributed by atoms with Crippen molar-refractivity contribution in [2.45, 2.75) is 39.7 Å². The summed E-state index contributed by atoms with van der Waals surface area (Å²) in [5.74, 6) is 0.874. The summed E-state index contributed by atoms with van der Waals surface area (Å²) in [7, 11) is 0. The number of aryl methyl sites for hydroxylation is 2. The zero-order chi connectivity index (χ0) is 13.1. The van der Waals surface area contributed by atoms with Gasteiger partial charge < -0.3 is 5.73 Å². The predicted octanol–water partition coefficient (Wildman–Crippen LogP) is 3.04. The van der Waals surface area contributed by atoms with E-state index in [9.17, 15) is 0 Å². The normalized spacial score (nSPS) is 20.0. The molecule has 18 heavy (non-hydrogen) atoms. The first-order chi connectivity index (χ1) is 8.61. The summed E-state index contributed by atoms with van der Waals surface area (Å²) in [6.07, 6.45) is 2.61. The molecule has 0 aromatic heterocycles. The Hall–Kier alpha value is -0.860. The van der Waals surface area contributed by atoms with Gasteiger partial charge in [-0.3, -0.25) is 4.90 Å². The van der Waals surface area contributed by atoms with Crippen molar-refractivity contribution < 1.29 is 0 Å². The monoisotopic (exact) mass is 246 g/mol. The summed E-state index contributed by atoms with van der Waals surface area (Å²) in [4.78, 5) is 2.56. The van der Waals surface area contributed by atoms with Gasteiger partial charge >= 0.3 is 0 Å². The van der Waals surface area contributed by atoms with Gasteiger partial charge in [-0.2, -0.15) is 0 Å². The zero-order valence-corrected chi connectivity index (χ0v) is 11.9. The zero-order valence-electron chi connectivity index (χ0n) is 11.9. The number of benzene rings is 1. The molecule has 0 radical (unpaired) electrons. The second-order valence-electron chi connectivity index (χ2n) is 5.81. The molecule has 2 nitrogen and oxygen atoms in total. The lowest BCUT2D eigenvalue weighted by molar-refractivity contribution is 0.141. The number of rotatable bonds is 3. The van der Waals surface area contributed by atoms with E-state index >= 15 is 0 Å². The molecular weight excluding hydrogens is 220 g/mol. The van der Waals surface area contributed by atoms with Crippen molar-refractivity contribution in [2.24, 2.45) is 11.7 Å². The molecular formula is C16H26N2. The van der Waals surface area contributed by atoms with Crippen LogP contribution in [0.1, 0.15) is 42.5 Å². The van der Waals surface area contributed by atoms with E-state index in [1.54, 1.807) is 0 Å². The van der Waals surface area contributed by atoms with Gasteiger partial charge in [0, 0.05) is 12.6 Å². The van der Waals surface area contributed by atoms with Gasteiger partial charge in [-0.1, -0.05) is 25.1 Å². The molecule has 0 unspecified atom stereocenters. The summed E-state index contributed by atoms with van der Waals surface area (Å²) in [5, 5.41) is 0. The number of piperidine rings is 1. The average Bonchev–Trinajstić information content (AvgIpc) is 2.37. The average molecular weight is 246 g/mol.